The highest BCUT2D eigenvalue weighted by Crippen LogP contribution is 2.59. The molecule has 0 fully saturated rings. The van der Waals surface area contributed by atoms with E-state index in [0.29, 0.717) is 0 Å². The minimum absolute atomic E-state index is 0.0949. The van der Waals surface area contributed by atoms with Crippen LogP contribution in [0.4, 0.5) is 0 Å². The Hall–Kier alpha value is 0.350. The molecule has 0 amide bonds. The number of aliphatic hydroxyl groups is 1. The lowest BCUT2D eigenvalue weighted by atomic mass is 10.1. The molecule has 2 aromatic carbocycles. The number of aliphatic hydroxyl groups excluding tert-OH is 1. The number of alkyl halides is 1. The zero-order valence-corrected chi connectivity index (χ0v) is 30.4. The first-order chi connectivity index (χ1) is 18.5. The Morgan fingerprint density at radius 2 is 0.921 bits per heavy atom. The molecule has 0 aliphatic carbocycles. The van der Waals surface area contributed by atoms with Gasteiger partial charge < -0.3 is 14.6 Å². The van der Waals surface area contributed by atoms with Crippen LogP contribution in [0.3, 0.4) is 0 Å². The maximum absolute atomic E-state index is 8.90. The largest absolute Gasteiger partial charge is 0.494 e. The summed E-state index contributed by atoms with van der Waals surface area (Å²) in [4.78, 5) is 0. The first kappa shape index (κ1) is 38.4. The second-order valence-corrected chi connectivity index (χ2v) is 24.9. The minimum Gasteiger partial charge on any atom is -0.494 e. The Labute approximate surface area is 266 Å². The van der Waals surface area contributed by atoms with Gasteiger partial charge in [0.2, 0.25) is 0 Å². The van der Waals surface area contributed by atoms with Crippen LogP contribution in [0.1, 0.15) is 102 Å². The second kappa shape index (κ2) is 28.9. The van der Waals surface area contributed by atoms with Crippen LogP contribution in [0.25, 0.3) is 0 Å². The molecule has 38 heavy (non-hydrogen) atoms. The van der Waals surface area contributed by atoms with Gasteiger partial charge in [-0.2, -0.15) is 0 Å². The Bertz CT molecular complexity index is 682. The van der Waals surface area contributed by atoms with Gasteiger partial charge in [0, 0.05) is 5.33 Å². The van der Waals surface area contributed by atoms with Crippen molar-refractivity contribution < 1.29 is 14.6 Å². The van der Waals surface area contributed by atoms with Crippen molar-refractivity contribution in [3.8, 4) is 11.5 Å². The maximum Gasteiger partial charge on any atom is 0.119 e. The van der Waals surface area contributed by atoms with Crippen LogP contribution in [-0.2, 0) is 11.9 Å². The van der Waals surface area contributed by atoms with Gasteiger partial charge in [-0.25, -0.2) is 0 Å². The number of benzene rings is 2. The average molecular weight is 806 g/mol. The van der Waals surface area contributed by atoms with E-state index in [1.165, 1.54) is 76.2 Å². The molecule has 2 aromatic rings. The van der Waals surface area contributed by atoms with Crippen LogP contribution < -0.4 is 9.47 Å². The maximum atomic E-state index is 8.90. The molecular weight excluding hydrogens is 759 g/mol. The molecular formula is C30H47Br4O3P. The van der Waals surface area contributed by atoms with Gasteiger partial charge in [0.1, 0.15) is 15.5 Å². The van der Waals surface area contributed by atoms with E-state index in [9.17, 15) is 0 Å². The lowest BCUT2D eigenvalue weighted by Crippen LogP contribution is -1.97. The normalized spacial score (nSPS) is 10.3. The summed E-state index contributed by atoms with van der Waals surface area (Å²) < 4.78 is 11.1. The molecule has 0 saturated carbocycles. The zero-order chi connectivity index (χ0) is 28.3. The average Bonchev–Trinajstić information content (AvgIpc) is 2.93. The molecule has 0 bridgehead atoms. The molecule has 2 rings (SSSR count). The van der Waals surface area contributed by atoms with Gasteiger partial charge in [-0.3, -0.25) is 0 Å². The highest BCUT2D eigenvalue weighted by atomic mass is 80.0. The summed E-state index contributed by atoms with van der Waals surface area (Å²) in [7, 11) is 0. The number of unbranched alkanes of at least 4 members (excludes halogenated alkanes) is 10. The third-order valence-corrected chi connectivity index (χ3v) is 6.36. The van der Waals surface area contributed by atoms with E-state index in [0.717, 1.165) is 42.0 Å². The lowest BCUT2D eigenvalue weighted by molar-refractivity contribution is 0.281. The van der Waals surface area contributed by atoms with Crippen LogP contribution in [0.15, 0.2) is 48.5 Å². The number of rotatable bonds is 18. The summed E-state index contributed by atoms with van der Waals surface area (Å²) >= 11 is 12.9. The first-order valence-electron chi connectivity index (χ1n) is 13.8. The first-order valence-corrected chi connectivity index (χ1v) is 22.4. The van der Waals surface area contributed by atoms with Gasteiger partial charge in [-0.05, 0) is 94.7 Å². The van der Waals surface area contributed by atoms with Crippen LogP contribution in [0, 0.1) is 0 Å². The molecule has 3 nitrogen and oxygen atoms in total. The van der Waals surface area contributed by atoms with Crippen molar-refractivity contribution in [3.63, 3.8) is 0 Å². The fraction of sp³-hybridized carbons (Fsp3) is 0.600. The lowest BCUT2D eigenvalue weighted by Gasteiger charge is -2.06. The van der Waals surface area contributed by atoms with Crippen LogP contribution in [-0.4, -0.2) is 18.3 Å². The van der Waals surface area contributed by atoms with Crippen molar-refractivity contribution in [2.45, 2.75) is 103 Å². The Morgan fingerprint density at radius 1 is 0.579 bits per heavy atom. The Balaban J connectivity index is 0.000000632. The minimum atomic E-state index is -0.183. The summed E-state index contributed by atoms with van der Waals surface area (Å²) in [5.74, 6) is 1.89. The molecule has 0 unspecified atom stereocenters. The molecule has 218 valence electrons. The summed E-state index contributed by atoms with van der Waals surface area (Å²) in [5.41, 5.74) is 2.22. The highest BCUT2D eigenvalue weighted by molar-refractivity contribution is 9.93. The number of hydrogen-bond acceptors (Lipinski definition) is 3. The van der Waals surface area contributed by atoms with E-state index in [1.807, 2.05) is 36.4 Å². The Kier molecular flexibility index (Phi) is 29.1. The second-order valence-electron chi connectivity index (χ2n) is 9.00. The van der Waals surface area contributed by atoms with Gasteiger partial charge in [0.05, 0.1) is 19.8 Å². The van der Waals surface area contributed by atoms with Gasteiger partial charge in [-0.15, -0.1) is 0 Å². The Morgan fingerprint density at radius 3 is 1.26 bits per heavy atom. The predicted molar refractivity (Wildman–Crippen MR) is 183 cm³/mol. The third kappa shape index (κ3) is 25.3. The van der Waals surface area contributed by atoms with Crippen molar-refractivity contribution >= 4 is 66.4 Å². The molecule has 0 heterocycles. The van der Waals surface area contributed by atoms with Crippen molar-refractivity contribution in [2.24, 2.45) is 0 Å². The molecule has 0 aliphatic rings. The molecule has 8 heteroatoms. The summed E-state index contributed by atoms with van der Waals surface area (Å²) in [6.45, 7) is 6.22. The smallest absolute Gasteiger partial charge is 0.119 e. The predicted octanol–water partition coefficient (Wildman–Crippen LogP) is 12.6. The van der Waals surface area contributed by atoms with Gasteiger partial charge in [0.15, 0.2) is 0 Å². The fourth-order valence-electron chi connectivity index (χ4n) is 3.51. The molecule has 0 saturated heterocycles. The standard InChI is InChI=1S/C15H23BrO.C15H24O2.Br3P/c2*1-2-3-4-5-6-7-12-17-15-10-8-14(13-16)9-11-15;1-4(2)3/h8-11H,2-7,12-13H2,1H3;8-11,16H,2-7,12-13H2,1H3;. The van der Waals surface area contributed by atoms with Crippen LogP contribution in [0.5, 0.6) is 11.5 Å². The third-order valence-electron chi connectivity index (χ3n) is 5.72. The highest BCUT2D eigenvalue weighted by Gasteiger charge is 1.96. The topological polar surface area (TPSA) is 38.7 Å². The van der Waals surface area contributed by atoms with Crippen molar-refractivity contribution in [3.05, 3.63) is 59.7 Å². The summed E-state index contributed by atoms with van der Waals surface area (Å²) in [5, 5.41) is 9.81. The van der Waals surface area contributed by atoms with Gasteiger partial charge in [0.25, 0.3) is 0 Å². The SMILES string of the molecule is BrP(Br)Br.CCCCCCCCOc1ccc(CBr)cc1.CCCCCCCCOc1ccc(CO)cc1. The van der Waals surface area contributed by atoms with E-state index >= 15 is 0 Å². The number of halogens is 4. The molecule has 0 atom stereocenters. The molecule has 0 aliphatic heterocycles. The van der Waals surface area contributed by atoms with E-state index < -0.39 is 0 Å². The number of hydrogen-bond donors (Lipinski definition) is 1. The van der Waals surface area contributed by atoms with E-state index in [2.05, 4.69) is 88.4 Å². The van der Waals surface area contributed by atoms with Crippen LogP contribution in [0.2, 0.25) is 0 Å². The zero-order valence-electron chi connectivity index (χ0n) is 23.2. The van der Waals surface area contributed by atoms with Crippen molar-refractivity contribution in [1.82, 2.24) is 0 Å². The molecule has 0 radical (unpaired) electrons. The monoisotopic (exact) mass is 802 g/mol. The van der Waals surface area contributed by atoms with E-state index in [1.54, 1.807) is 0 Å². The van der Waals surface area contributed by atoms with Gasteiger partial charge >= 0.3 is 0 Å². The fourth-order valence-corrected chi connectivity index (χ4v) is 3.88. The summed E-state index contributed by atoms with van der Waals surface area (Å²) in [6.07, 6.45) is 15.6. The van der Waals surface area contributed by atoms with E-state index in [4.69, 9.17) is 14.6 Å². The quantitative estimate of drug-likeness (QED) is 0.0926. The summed E-state index contributed by atoms with van der Waals surface area (Å²) in [6, 6.07) is 15.9. The van der Waals surface area contributed by atoms with Crippen molar-refractivity contribution in [2.75, 3.05) is 13.2 Å². The number of ether oxygens (including phenoxy) is 2. The van der Waals surface area contributed by atoms with Crippen molar-refractivity contribution in [1.29, 1.82) is 0 Å². The molecule has 0 spiro atoms. The van der Waals surface area contributed by atoms with Crippen LogP contribution >= 0.6 is 66.4 Å². The van der Waals surface area contributed by atoms with Gasteiger partial charge in [-0.1, -0.05) is 118 Å². The molecule has 0 aromatic heterocycles. The molecule has 1 N–H and O–H groups in total. The van der Waals surface area contributed by atoms with E-state index in [-0.39, 0.29) is 10.6 Å².